The smallest absolute Gasteiger partial charge is 0.422 e. The van der Waals surface area contributed by atoms with Crippen molar-refractivity contribution in [2.45, 2.75) is 19.3 Å². The molecule has 1 fully saturated rings. The van der Waals surface area contributed by atoms with Crippen LogP contribution in [0.3, 0.4) is 0 Å². The van der Waals surface area contributed by atoms with Crippen LogP contribution in [0, 0.1) is 0 Å². The van der Waals surface area contributed by atoms with Crippen molar-refractivity contribution < 1.29 is 22.4 Å². The second-order valence-electron chi connectivity index (χ2n) is 6.70. The minimum atomic E-state index is -4.34. The molecule has 1 saturated heterocycles. The number of aromatic nitrogens is 1. The number of aliphatic imine (C=N–C) groups is 1. The van der Waals surface area contributed by atoms with Crippen LogP contribution in [0.5, 0.6) is 5.75 Å². The van der Waals surface area contributed by atoms with E-state index in [0.717, 1.165) is 49.9 Å². The number of ether oxygens (including phenoxy) is 1. The number of nitrogens with one attached hydrogen (secondary N) is 1. The second kappa shape index (κ2) is 9.64. The number of rotatable bonds is 6. The molecule has 1 aromatic heterocycles. The molecule has 10 heteroatoms. The zero-order valence-electron chi connectivity index (χ0n) is 16.2. The number of piperazine rings is 1. The molecular formula is C19H24F3N5O2. The highest BCUT2D eigenvalue weighted by molar-refractivity contribution is 5.80. The average molecular weight is 411 g/mol. The number of guanidine groups is 1. The van der Waals surface area contributed by atoms with E-state index >= 15 is 0 Å². The number of hydrogen-bond acceptors (Lipinski definition) is 5. The average Bonchev–Trinajstić information content (AvgIpc) is 3.21. The third kappa shape index (κ3) is 6.67. The molecule has 1 aromatic carbocycles. The van der Waals surface area contributed by atoms with E-state index in [9.17, 15) is 13.2 Å². The quantitative estimate of drug-likeness (QED) is 0.582. The van der Waals surface area contributed by atoms with Gasteiger partial charge in [0.15, 0.2) is 12.6 Å². The molecule has 1 N–H and O–H groups in total. The van der Waals surface area contributed by atoms with Crippen LogP contribution in [0.2, 0.25) is 0 Å². The molecule has 1 aliphatic heterocycles. The van der Waals surface area contributed by atoms with Gasteiger partial charge in [0.25, 0.3) is 0 Å². The zero-order valence-corrected chi connectivity index (χ0v) is 16.2. The summed E-state index contributed by atoms with van der Waals surface area (Å²) < 4.78 is 46.2. The first-order valence-electron chi connectivity index (χ1n) is 9.28. The van der Waals surface area contributed by atoms with Crippen molar-refractivity contribution in [2.75, 3.05) is 39.8 Å². The molecule has 0 amide bonds. The summed E-state index contributed by atoms with van der Waals surface area (Å²) in [5, 5.41) is 7.24. The van der Waals surface area contributed by atoms with Gasteiger partial charge >= 0.3 is 6.18 Å². The molecule has 0 atom stereocenters. The highest BCUT2D eigenvalue weighted by atomic mass is 19.4. The first-order chi connectivity index (χ1) is 13.9. The number of benzene rings is 1. The number of alkyl halides is 3. The SMILES string of the molecule is CN=C(NCc1ccc(OCC(F)(F)F)cc1)N1CCN(Cc2ccon2)CC1. The molecule has 0 unspecified atom stereocenters. The van der Waals surface area contributed by atoms with E-state index in [1.807, 2.05) is 6.07 Å². The van der Waals surface area contributed by atoms with Crippen LogP contribution in [0.1, 0.15) is 11.3 Å². The van der Waals surface area contributed by atoms with Crippen LogP contribution in [0.15, 0.2) is 46.1 Å². The molecule has 158 valence electrons. The Hall–Kier alpha value is -2.75. The van der Waals surface area contributed by atoms with Gasteiger partial charge in [-0.2, -0.15) is 13.2 Å². The molecular weight excluding hydrogens is 387 g/mol. The highest BCUT2D eigenvalue weighted by Gasteiger charge is 2.28. The van der Waals surface area contributed by atoms with Crippen molar-refractivity contribution in [1.82, 2.24) is 20.3 Å². The first kappa shape index (κ1) is 21.0. The van der Waals surface area contributed by atoms with E-state index in [0.29, 0.717) is 6.54 Å². The summed E-state index contributed by atoms with van der Waals surface area (Å²) in [6.07, 6.45) is -2.77. The van der Waals surface area contributed by atoms with E-state index in [1.165, 1.54) is 12.1 Å². The second-order valence-corrected chi connectivity index (χ2v) is 6.70. The van der Waals surface area contributed by atoms with Crippen molar-refractivity contribution in [3.05, 3.63) is 47.9 Å². The van der Waals surface area contributed by atoms with Gasteiger partial charge < -0.3 is 19.5 Å². The normalized spacial score (nSPS) is 16.1. The maximum atomic E-state index is 12.2. The molecule has 0 saturated carbocycles. The van der Waals surface area contributed by atoms with Gasteiger partial charge in [-0.1, -0.05) is 17.3 Å². The predicted octanol–water partition coefficient (Wildman–Crippen LogP) is 2.51. The van der Waals surface area contributed by atoms with Crippen LogP contribution in [0.25, 0.3) is 0 Å². The van der Waals surface area contributed by atoms with Crippen LogP contribution < -0.4 is 10.1 Å². The van der Waals surface area contributed by atoms with Crippen molar-refractivity contribution in [3.8, 4) is 5.75 Å². The Morgan fingerprint density at radius 1 is 1.17 bits per heavy atom. The Morgan fingerprint density at radius 3 is 2.48 bits per heavy atom. The lowest BCUT2D eigenvalue weighted by molar-refractivity contribution is -0.153. The summed E-state index contributed by atoms with van der Waals surface area (Å²) in [7, 11) is 1.73. The third-order valence-electron chi connectivity index (χ3n) is 4.54. The minimum absolute atomic E-state index is 0.193. The Bertz CT molecular complexity index is 770. The molecule has 0 bridgehead atoms. The zero-order chi connectivity index (χ0) is 20.7. The van der Waals surface area contributed by atoms with Gasteiger partial charge in [0.2, 0.25) is 0 Å². The van der Waals surface area contributed by atoms with Gasteiger partial charge in [-0.25, -0.2) is 0 Å². The van der Waals surface area contributed by atoms with E-state index in [4.69, 9.17) is 9.26 Å². The summed E-state index contributed by atoms with van der Waals surface area (Å²) >= 11 is 0. The van der Waals surface area contributed by atoms with Gasteiger partial charge in [0.05, 0.1) is 5.69 Å². The Labute approximate surface area is 167 Å². The number of nitrogens with zero attached hydrogens (tertiary/aromatic N) is 4. The predicted molar refractivity (Wildman–Crippen MR) is 102 cm³/mol. The fourth-order valence-corrected chi connectivity index (χ4v) is 3.05. The van der Waals surface area contributed by atoms with Crippen molar-refractivity contribution in [2.24, 2.45) is 4.99 Å². The van der Waals surface area contributed by atoms with E-state index in [2.05, 4.69) is 25.3 Å². The molecule has 0 aliphatic carbocycles. The fraction of sp³-hybridized carbons (Fsp3) is 0.474. The number of hydrogen-bond donors (Lipinski definition) is 1. The van der Waals surface area contributed by atoms with Crippen molar-refractivity contribution in [3.63, 3.8) is 0 Å². The van der Waals surface area contributed by atoms with Gasteiger partial charge in [-0.05, 0) is 17.7 Å². The summed E-state index contributed by atoms with van der Waals surface area (Å²) in [5.41, 5.74) is 1.85. The van der Waals surface area contributed by atoms with Crippen LogP contribution in [-0.4, -0.2) is 66.9 Å². The van der Waals surface area contributed by atoms with Gasteiger partial charge in [-0.3, -0.25) is 9.89 Å². The molecule has 0 spiro atoms. The summed E-state index contributed by atoms with van der Waals surface area (Å²) in [5.74, 6) is 0.988. The topological polar surface area (TPSA) is 66.1 Å². The van der Waals surface area contributed by atoms with Gasteiger partial charge in [0, 0.05) is 52.4 Å². The largest absolute Gasteiger partial charge is 0.484 e. The summed E-state index contributed by atoms with van der Waals surface area (Å²) in [4.78, 5) is 8.82. The van der Waals surface area contributed by atoms with Crippen LogP contribution in [0.4, 0.5) is 13.2 Å². The van der Waals surface area contributed by atoms with E-state index in [1.54, 1.807) is 25.4 Å². The highest BCUT2D eigenvalue weighted by Crippen LogP contribution is 2.19. The lowest BCUT2D eigenvalue weighted by atomic mass is 10.2. The molecule has 7 nitrogen and oxygen atoms in total. The Morgan fingerprint density at radius 2 is 1.90 bits per heavy atom. The molecule has 2 aromatic rings. The van der Waals surface area contributed by atoms with Gasteiger partial charge in [-0.15, -0.1) is 0 Å². The minimum Gasteiger partial charge on any atom is -0.484 e. The van der Waals surface area contributed by atoms with Crippen molar-refractivity contribution >= 4 is 5.96 Å². The molecule has 1 aliphatic rings. The molecule has 2 heterocycles. The van der Waals surface area contributed by atoms with Crippen LogP contribution >= 0.6 is 0 Å². The van der Waals surface area contributed by atoms with E-state index < -0.39 is 12.8 Å². The molecule has 29 heavy (non-hydrogen) atoms. The Kier molecular flexibility index (Phi) is 6.97. The molecule has 3 rings (SSSR count). The summed E-state index contributed by atoms with van der Waals surface area (Å²) in [6, 6.07) is 8.42. The third-order valence-corrected chi connectivity index (χ3v) is 4.54. The van der Waals surface area contributed by atoms with Crippen LogP contribution in [-0.2, 0) is 13.1 Å². The number of halogens is 3. The summed E-state index contributed by atoms with van der Waals surface area (Å²) in [6.45, 7) is 3.44. The monoisotopic (exact) mass is 411 g/mol. The lowest BCUT2D eigenvalue weighted by Crippen LogP contribution is -2.52. The Balaban J connectivity index is 1.43. The standard InChI is InChI=1S/C19H24F3N5O2/c1-23-18(27-9-7-26(8-10-27)13-16-6-11-29-25-16)24-12-15-2-4-17(5-3-15)28-14-19(20,21)22/h2-6,11H,7-10,12-14H2,1H3,(H,23,24). The maximum absolute atomic E-state index is 12.2. The van der Waals surface area contributed by atoms with Crippen molar-refractivity contribution in [1.29, 1.82) is 0 Å². The molecule has 0 radical (unpaired) electrons. The lowest BCUT2D eigenvalue weighted by Gasteiger charge is -2.36. The van der Waals surface area contributed by atoms with Gasteiger partial charge in [0.1, 0.15) is 12.0 Å². The fourth-order valence-electron chi connectivity index (χ4n) is 3.05. The van der Waals surface area contributed by atoms with E-state index in [-0.39, 0.29) is 5.75 Å². The maximum Gasteiger partial charge on any atom is 0.422 e. The first-order valence-corrected chi connectivity index (χ1v) is 9.28.